The summed E-state index contributed by atoms with van der Waals surface area (Å²) in [6.45, 7) is 4.97. The van der Waals surface area contributed by atoms with Crippen LogP contribution in [0, 0.1) is 5.92 Å². The summed E-state index contributed by atoms with van der Waals surface area (Å²) in [6.07, 6.45) is 5.47. The molecule has 0 rings (SSSR count). The summed E-state index contributed by atoms with van der Waals surface area (Å²) in [5.74, 6) is 0.409. The monoisotopic (exact) mass is 289 g/mol. The molecule has 0 aromatic rings. The molecule has 0 amide bonds. The average molecular weight is 289 g/mol. The Morgan fingerprint density at radius 2 is 1.90 bits per heavy atom. The number of hydrogen-bond acceptors (Lipinski definition) is 5. The van der Waals surface area contributed by atoms with Crippen molar-refractivity contribution in [1.82, 2.24) is 0 Å². The molecule has 0 aromatic heterocycles. The van der Waals surface area contributed by atoms with Crippen molar-refractivity contribution in [2.45, 2.75) is 45.4 Å². The maximum Gasteiger partial charge on any atom is 0.305 e. The van der Waals surface area contributed by atoms with Crippen molar-refractivity contribution < 1.29 is 19.0 Å². The van der Waals surface area contributed by atoms with E-state index in [1.165, 1.54) is 0 Å². The molecule has 0 aliphatic heterocycles. The highest BCUT2D eigenvalue weighted by molar-refractivity contribution is 5.69. The summed E-state index contributed by atoms with van der Waals surface area (Å²) >= 11 is 0. The van der Waals surface area contributed by atoms with Gasteiger partial charge in [-0.2, -0.15) is 0 Å². The van der Waals surface area contributed by atoms with Gasteiger partial charge in [0.15, 0.2) is 0 Å². The van der Waals surface area contributed by atoms with Crippen LogP contribution in [0.2, 0.25) is 0 Å². The molecule has 0 aliphatic carbocycles. The number of rotatable bonds is 14. The second-order valence-corrected chi connectivity index (χ2v) is 4.95. The minimum Gasteiger partial charge on any atom is -0.463 e. The fourth-order valence-electron chi connectivity index (χ4n) is 2.09. The fraction of sp³-hybridized carbons (Fsp3) is 0.933. The maximum atomic E-state index is 11.6. The van der Waals surface area contributed by atoms with Crippen molar-refractivity contribution in [3.8, 4) is 0 Å². The number of hydrogen-bond donors (Lipinski definition) is 1. The number of ether oxygens (including phenoxy) is 3. The summed E-state index contributed by atoms with van der Waals surface area (Å²) in [6, 6.07) is 0. The molecule has 120 valence electrons. The second-order valence-electron chi connectivity index (χ2n) is 4.95. The van der Waals surface area contributed by atoms with E-state index in [9.17, 15) is 4.79 Å². The first-order valence-electron chi connectivity index (χ1n) is 7.66. The number of carbonyl (C=O) groups excluding carboxylic acids is 1. The van der Waals surface area contributed by atoms with Crippen LogP contribution in [0.25, 0.3) is 0 Å². The molecule has 0 aliphatic rings. The number of nitrogens with two attached hydrogens (primary N) is 1. The van der Waals surface area contributed by atoms with Gasteiger partial charge in [-0.1, -0.05) is 19.8 Å². The number of methoxy groups -OCH3 is 1. The van der Waals surface area contributed by atoms with Gasteiger partial charge >= 0.3 is 5.97 Å². The highest BCUT2D eigenvalue weighted by atomic mass is 16.6. The molecule has 0 saturated carbocycles. The zero-order valence-corrected chi connectivity index (χ0v) is 13.1. The van der Waals surface area contributed by atoms with E-state index in [1.54, 1.807) is 7.11 Å². The van der Waals surface area contributed by atoms with E-state index >= 15 is 0 Å². The minimum absolute atomic E-state index is 0.136. The Bertz CT molecular complexity index is 218. The van der Waals surface area contributed by atoms with Gasteiger partial charge in [0.25, 0.3) is 0 Å². The lowest BCUT2D eigenvalue weighted by atomic mass is 9.95. The predicted molar refractivity (Wildman–Crippen MR) is 79.6 cm³/mol. The molecule has 0 heterocycles. The third-order valence-corrected chi connectivity index (χ3v) is 3.16. The summed E-state index contributed by atoms with van der Waals surface area (Å²) in [5.41, 5.74) is 5.57. The molecule has 1 atom stereocenters. The lowest BCUT2D eigenvalue weighted by Gasteiger charge is -2.14. The van der Waals surface area contributed by atoms with Crippen LogP contribution < -0.4 is 5.73 Å². The van der Waals surface area contributed by atoms with Crippen molar-refractivity contribution >= 4 is 5.97 Å². The number of esters is 1. The molecule has 0 spiro atoms. The number of carbonyl (C=O) groups is 1. The SMILES string of the molecule is CCCC(CCN)CCC(=O)OCCOCCCOC. The van der Waals surface area contributed by atoms with Crippen LogP contribution in [0.15, 0.2) is 0 Å². The summed E-state index contributed by atoms with van der Waals surface area (Å²) in [5, 5.41) is 0. The smallest absolute Gasteiger partial charge is 0.305 e. The first kappa shape index (κ1) is 19.4. The van der Waals surface area contributed by atoms with Crippen molar-refractivity contribution in [1.29, 1.82) is 0 Å². The van der Waals surface area contributed by atoms with Crippen LogP contribution in [-0.4, -0.2) is 46.1 Å². The molecule has 20 heavy (non-hydrogen) atoms. The van der Waals surface area contributed by atoms with Gasteiger partial charge in [-0.25, -0.2) is 0 Å². The molecule has 0 aromatic carbocycles. The molecule has 2 N–H and O–H groups in total. The Kier molecular flexibility index (Phi) is 14.3. The Hall–Kier alpha value is -0.650. The minimum atomic E-state index is -0.136. The Labute approximate surface area is 123 Å². The summed E-state index contributed by atoms with van der Waals surface area (Å²) in [4.78, 5) is 11.6. The molecule has 1 unspecified atom stereocenters. The maximum absolute atomic E-state index is 11.6. The topological polar surface area (TPSA) is 70.8 Å². The molecular weight excluding hydrogens is 258 g/mol. The van der Waals surface area contributed by atoms with Gasteiger partial charge in [-0.3, -0.25) is 4.79 Å². The quantitative estimate of drug-likeness (QED) is 0.392. The van der Waals surface area contributed by atoms with Crippen molar-refractivity contribution in [3.05, 3.63) is 0 Å². The summed E-state index contributed by atoms with van der Waals surface area (Å²) in [7, 11) is 1.66. The Morgan fingerprint density at radius 3 is 2.55 bits per heavy atom. The molecule has 5 heteroatoms. The van der Waals surface area contributed by atoms with E-state index in [0.29, 0.717) is 45.3 Å². The third-order valence-electron chi connectivity index (χ3n) is 3.16. The fourth-order valence-corrected chi connectivity index (χ4v) is 2.09. The van der Waals surface area contributed by atoms with E-state index < -0.39 is 0 Å². The van der Waals surface area contributed by atoms with E-state index in [1.807, 2.05) is 0 Å². The first-order valence-corrected chi connectivity index (χ1v) is 7.66. The first-order chi connectivity index (χ1) is 9.74. The van der Waals surface area contributed by atoms with Crippen LogP contribution in [0.3, 0.4) is 0 Å². The van der Waals surface area contributed by atoms with Gasteiger partial charge in [-0.15, -0.1) is 0 Å². The van der Waals surface area contributed by atoms with Crippen LogP contribution >= 0.6 is 0 Å². The average Bonchev–Trinajstić information content (AvgIpc) is 2.44. The van der Waals surface area contributed by atoms with Gasteiger partial charge in [0, 0.05) is 26.7 Å². The second kappa shape index (κ2) is 14.8. The van der Waals surface area contributed by atoms with Gasteiger partial charge in [0.1, 0.15) is 6.61 Å². The molecule has 0 bridgehead atoms. The molecule has 0 saturated heterocycles. The van der Waals surface area contributed by atoms with E-state index in [2.05, 4.69) is 6.92 Å². The van der Waals surface area contributed by atoms with Crippen molar-refractivity contribution in [2.24, 2.45) is 11.7 Å². The zero-order valence-electron chi connectivity index (χ0n) is 13.1. The lowest BCUT2D eigenvalue weighted by molar-refractivity contribution is -0.145. The van der Waals surface area contributed by atoms with Gasteiger partial charge in [0.05, 0.1) is 6.61 Å². The van der Waals surface area contributed by atoms with E-state index in [4.69, 9.17) is 19.9 Å². The lowest BCUT2D eigenvalue weighted by Crippen LogP contribution is -2.14. The summed E-state index contributed by atoms with van der Waals surface area (Å²) < 4.78 is 15.4. The largest absolute Gasteiger partial charge is 0.463 e. The van der Waals surface area contributed by atoms with Crippen LogP contribution in [0.4, 0.5) is 0 Å². The highest BCUT2D eigenvalue weighted by Crippen LogP contribution is 2.17. The molecule has 0 radical (unpaired) electrons. The van der Waals surface area contributed by atoms with E-state index in [0.717, 1.165) is 32.1 Å². The standard InChI is InChI=1S/C15H31NO4/c1-3-5-14(8-9-16)6-7-15(17)20-13-12-19-11-4-10-18-2/h14H,3-13,16H2,1-2H3. The van der Waals surface area contributed by atoms with Crippen molar-refractivity contribution in [2.75, 3.05) is 40.1 Å². The van der Waals surface area contributed by atoms with Gasteiger partial charge < -0.3 is 19.9 Å². The van der Waals surface area contributed by atoms with Gasteiger partial charge in [-0.05, 0) is 31.7 Å². The predicted octanol–water partition coefficient (Wildman–Crippen LogP) is 2.13. The normalized spacial score (nSPS) is 12.3. The molecular formula is C15H31NO4. The zero-order chi connectivity index (χ0) is 15.1. The van der Waals surface area contributed by atoms with Gasteiger partial charge in [0.2, 0.25) is 0 Å². The highest BCUT2D eigenvalue weighted by Gasteiger charge is 2.10. The molecule has 0 fully saturated rings. The van der Waals surface area contributed by atoms with Crippen molar-refractivity contribution in [3.63, 3.8) is 0 Å². The molecule has 5 nitrogen and oxygen atoms in total. The Morgan fingerprint density at radius 1 is 1.10 bits per heavy atom. The van der Waals surface area contributed by atoms with E-state index in [-0.39, 0.29) is 5.97 Å². The van der Waals surface area contributed by atoms with Crippen LogP contribution in [0.1, 0.15) is 45.4 Å². The van der Waals surface area contributed by atoms with Crippen LogP contribution in [-0.2, 0) is 19.0 Å². The van der Waals surface area contributed by atoms with Crippen LogP contribution in [0.5, 0.6) is 0 Å². The Balaban J connectivity index is 3.47. The third kappa shape index (κ3) is 12.4.